The average Bonchev–Trinajstić information content (AvgIpc) is 2.93. The lowest BCUT2D eigenvalue weighted by Gasteiger charge is -2.13. The lowest BCUT2D eigenvalue weighted by molar-refractivity contribution is 0.217. The molecule has 2 rings (SSSR count). The molecule has 0 aliphatic heterocycles. The van der Waals surface area contributed by atoms with Crippen molar-refractivity contribution < 1.29 is 4.74 Å². The molecule has 0 saturated heterocycles. The van der Waals surface area contributed by atoms with E-state index in [-0.39, 0.29) is 6.10 Å². The second-order valence-electron chi connectivity index (χ2n) is 4.80. The van der Waals surface area contributed by atoms with Crippen LogP contribution in [0, 0.1) is 0 Å². The zero-order chi connectivity index (χ0) is 14.4. The van der Waals surface area contributed by atoms with E-state index in [1.165, 1.54) is 5.01 Å². The Kier molecular flexibility index (Phi) is 5.41. The van der Waals surface area contributed by atoms with Crippen molar-refractivity contribution >= 4 is 17.0 Å². The van der Waals surface area contributed by atoms with Gasteiger partial charge in [0.25, 0.3) is 0 Å². The highest BCUT2D eigenvalue weighted by Crippen LogP contribution is 2.20. The number of ether oxygens (including phenoxy) is 1. The van der Waals surface area contributed by atoms with E-state index in [2.05, 4.69) is 42.5 Å². The van der Waals surface area contributed by atoms with Gasteiger partial charge in [-0.25, -0.2) is 4.98 Å². The van der Waals surface area contributed by atoms with Gasteiger partial charge in [-0.05, 0) is 31.9 Å². The van der Waals surface area contributed by atoms with E-state index in [1.54, 1.807) is 11.3 Å². The van der Waals surface area contributed by atoms with Gasteiger partial charge in [0.2, 0.25) is 0 Å². The van der Waals surface area contributed by atoms with E-state index >= 15 is 0 Å². The first-order valence-corrected chi connectivity index (χ1v) is 8.03. The van der Waals surface area contributed by atoms with Crippen LogP contribution in [0.15, 0.2) is 29.6 Å². The van der Waals surface area contributed by atoms with Crippen LogP contribution in [0.3, 0.4) is 0 Å². The van der Waals surface area contributed by atoms with Crippen molar-refractivity contribution in [1.82, 2.24) is 4.98 Å². The Labute approximate surface area is 125 Å². The Morgan fingerprint density at radius 2 is 2.20 bits per heavy atom. The van der Waals surface area contributed by atoms with Crippen molar-refractivity contribution in [3.05, 3.63) is 40.3 Å². The SMILES string of the molecule is CCc1nc(CNc2cccc(OC(C)CC)c2)cs1. The number of thiazole rings is 1. The molecule has 0 radical (unpaired) electrons. The molecule has 1 atom stereocenters. The van der Waals surface area contributed by atoms with Gasteiger partial charge in [-0.2, -0.15) is 0 Å². The molecule has 0 amide bonds. The zero-order valence-electron chi connectivity index (χ0n) is 12.3. The topological polar surface area (TPSA) is 34.2 Å². The molecule has 0 aliphatic carbocycles. The van der Waals surface area contributed by atoms with Crippen LogP contribution < -0.4 is 10.1 Å². The number of anilines is 1. The normalized spacial score (nSPS) is 12.2. The van der Waals surface area contributed by atoms with Crippen molar-refractivity contribution in [3.63, 3.8) is 0 Å². The lowest BCUT2D eigenvalue weighted by atomic mass is 10.2. The van der Waals surface area contributed by atoms with E-state index in [0.29, 0.717) is 0 Å². The number of nitrogens with one attached hydrogen (secondary N) is 1. The summed E-state index contributed by atoms with van der Waals surface area (Å²) in [5, 5.41) is 6.70. The highest BCUT2D eigenvalue weighted by atomic mass is 32.1. The molecule has 0 aliphatic rings. The predicted molar refractivity (Wildman–Crippen MR) is 85.6 cm³/mol. The van der Waals surface area contributed by atoms with Gasteiger partial charge in [0.05, 0.1) is 23.4 Å². The quantitative estimate of drug-likeness (QED) is 0.815. The summed E-state index contributed by atoms with van der Waals surface area (Å²) < 4.78 is 5.82. The van der Waals surface area contributed by atoms with Gasteiger partial charge in [-0.15, -0.1) is 11.3 Å². The van der Waals surface area contributed by atoms with Crippen molar-refractivity contribution in [2.24, 2.45) is 0 Å². The van der Waals surface area contributed by atoms with Crippen LogP contribution in [0.25, 0.3) is 0 Å². The first kappa shape index (κ1) is 14.9. The van der Waals surface area contributed by atoms with Crippen molar-refractivity contribution in [2.45, 2.75) is 46.3 Å². The maximum Gasteiger partial charge on any atom is 0.121 e. The third-order valence-corrected chi connectivity index (χ3v) is 4.16. The Balaban J connectivity index is 1.93. The molecule has 3 nitrogen and oxygen atoms in total. The van der Waals surface area contributed by atoms with Gasteiger partial charge in [-0.1, -0.05) is 19.9 Å². The molecule has 1 N–H and O–H groups in total. The first-order chi connectivity index (χ1) is 9.71. The number of aryl methyl sites for hydroxylation is 1. The molecule has 2 aromatic rings. The first-order valence-electron chi connectivity index (χ1n) is 7.15. The molecule has 20 heavy (non-hydrogen) atoms. The highest BCUT2D eigenvalue weighted by molar-refractivity contribution is 7.09. The summed E-state index contributed by atoms with van der Waals surface area (Å²) in [4.78, 5) is 4.55. The van der Waals surface area contributed by atoms with Gasteiger partial charge in [0.15, 0.2) is 0 Å². The molecule has 0 fully saturated rings. The summed E-state index contributed by atoms with van der Waals surface area (Å²) >= 11 is 1.72. The number of aromatic nitrogens is 1. The van der Waals surface area contributed by atoms with Crippen LogP contribution in [0.2, 0.25) is 0 Å². The Bertz CT molecular complexity index is 539. The Morgan fingerprint density at radius 3 is 2.90 bits per heavy atom. The van der Waals surface area contributed by atoms with Gasteiger partial charge in [-0.3, -0.25) is 0 Å². The van der Waals surface area contributed by atoms with Crippen molar-refractivity contribution in [2.75, 3.05) is 5.32 Å². The van der Waals surface area contributed by atoms with Gasteiger partial charge >= 0.3 is 0 Å². The van der Waals surface area contributed by atoms with Crippen molar-refractivity contribution in [3.8, 4) is 5.75 Å². The van der Waals surface area contributed by atoms with Crippen LogP contribution in [0.4, 0.5) is 5.69 Å². The second kappa shape index (κ2) is 7.29. The summed E-state index contributed by atoms with van der Waals surface area (Å²) in [5.74, 6) is 0.914. The molecule has 1 heterocycles. The lowest BCUT2D eigenvalue weighted by Crippen LogP contribution is -2.09. The number of benzene rings is 1. The molecule has 1 unspecified atom stereocenters. The summed E-state index contributed by atoms with van der Waals surface area (Å²) in [6.07, 6.45) is 2.26. The molecule has 1 aromatic carbocycles. The molecule has 0 spiro atoms. The third kappa shape index (κ3) is 4.23. The van der Waals surface area contributed by atoms with Crippen LogP contribution in [0.5, 0.6) is 5.75 Å². The minimum absolute atomic E-state index is 0.246. The van der Waals surface area contributed by atoms with Crippen LogP contribution >= 0.6 is 11.3 Å². The van der Waals surface area contributed by atoms with E-state index in [4.69, 9.17) is 4.74 Å². The van der Waals surface area contributed by atoms with Crippen LogP contribution in [0.1, 0.15) is 37.9 Å². The monoisotopic (exact) mass is 290 g/mol. The summed E-state index contributed by atoms with van der Waals surface area (Å²) in [6.45, 7) is 7.09. The minimum atomic E-state index is 0.246. The summed E-state index contributed by atoms with van der Waals surface area (Å²) in [6, 6.07) is 8.10. The maximum atomic E-state index is 5.82. The van der Waals surface area contributed by atoms with E-state index < -0.39 is 0 Å². The molecule has 1 aromatic heterocycles. The zero-order valence-corrected chi connectivity index (χ0v) is 13.2. The Hall–Kier alpha value is -1.55. The molecular weight excluding hydrogens is 268 g/mol. The molecular formula is C16H22N2OS. The predicted octanol–water partition coefficient (Wildman–Crippen LogP) is 4.49. The third-order valence-electron chi connectivity index (χ3n) is 3.12. The number of hydrogen-bond acceptors (Lipinski definition) is 4. The largest absolute Gasteiger partial charge is 0.491 e. The fraction of sp³-hybridized carbons (Fsp3) is 0.438. The second-order valence-corrected chi connectivity index (χ2v) is 5.75. The molecule has 108 valence electrons. The summed E-state index contributed by atoms with van der Waals surface area (Å²) in [5.41, 5.74) is 2.16. The number of nitrogens with zero attached hydrogens (tertiary/aromatic N) is 1. The number of rotatable bonds is 7. The minimum Gasteiger partial charge on any atom is -0.491 e. The van der Waals surface area contributed by atoms with Crippen LogP contribution in [-0.2, 0) is 13.0 Å². The van der Waals surface area contributed by atoms with Gasteiger partial charge < -0.3 is 10.1 Å². The van der Waals surface area contributed by atoms with Crippen molar-refractivity contribution in [1.29, 1.82) is 0 Å². The van der Waals surface area contributed by atoms with Gasteiger partial charge in [0.1, 0.15) is 5.75 Å². The van der Waals surface area contributed by atoms with Crippen LogP contribution in [-0.4, -0.2) is 11.1 Å². The molecule has 0 saturated carbocycles. The van der Waals surface area contributed by atoms with Gasteiger partial charge in [0, 0.05) is 17.1 Å². The Morgan fingerprint density at radius 1 is 1.35 bits per heavy atom. The number of hydrogen-bond donors (Lipinski definition) is 1. The average molecular weight is 290 g/mol. The highest BCUT2D eigenvalue weighted by Gasteiger charge is 2.03. The van der Waals surface area contributed by atoms with E-state index in [1.807, 2.05) is 18.2 Å². The summed E-state index contributed by atoms with van der Waals surface area (Å²) in [7, 11) is 0. The molecule has 4 heteroatoms. The fourth-order valence-electron chi connectivity index (χ4n) is 1.78. The molecule has 0 bridgehead atoms. The maximum absolute atomic E-state index is 5.82. The van der Waals surface area contributed by atoms with E-state index in [0.717, 1.165) is 36.5 Å². The fourth-order valence-corrected chi connectivity index (χ4v) is 2.52. The standard InChI is InChI=1S/C16H22N2OS/c1-4-12(3)19-15-8-6-7-13(9-15)17-10-14-11-20-16(5-2)18-14/h6-9,11-12,17H,4-5,10H2,1-3H3. The van der Waals surface area contributed by atoms with E-state index in [9.17, 15) is 0 Å². The smallest absolute Gasteiger partial charge is 0.121 e.